The van der Waals surface area contributed by atoms with Crippen molar-refractivity contribution >= 4 is 0 Å². The van der Waals surface area contributed by atoms with E-state index in [4.69, 9.17) is 0 Å². The number of rotatable bonds is 21. The predicted molar refractivity (Wildman–Crippen MR) is 122 cm³/mol. The second kappa shape index (κ2) is 21.3. The van der Waals surface area contributed by atoms with Crippen molar-refractivity contribution in [3.63, 3.8) is 0 Å². The van der Waals surface area contributed by atoms with E-state index in [-0.39, 0.29) is 0 Å². The quantitative estimate of drug-likeness (QED) is 0.177. The molecular weight excluding hydrogens is 312 g/mol. The standard InChI is InChI=1S/C26H53/c1-5-9-12-15-16-19-21-25(20-8-4)24-26(22-17-13-10-6-2)23-18-14-11-7-3/h24-26H,5-23H2,1-4H3. The molecule has 0 heteroatoms. The first kappa shape index (κ1) is 26.0. The first-order chi connectivity index (χ1) is 12.8. The van der Waals surface area contributed by atoms with Gasteiger partial charge in [-0.1, -0.05) is 150 Å². The van der Waals surface area contributed by atoms with Gasteiger partial charge in [-0.15, -0.1) is 0 Å². The largest absolute Gasteiger partial charge is 0.0654 e. The van der Waals surface area contributed by atoms with Crippen LogP contribution in [0.2, 0.25) is 0 Å². The van der Waals surface area contributed by atoms with Crippen LogP contribution in [-0.2, 0) is 0 Å². The van der Waals surface area contributed by atoms with E-state index in [9.17, 15) is 0 Å². The molecule has 0 spiro atoms. The van der Waals surface area contributed by atoms with Crippen molar-refractivity contribution in [2.75, 3.05) is 0 Å². The van der Waals surface area contributed by atoms with Crippen molar-refractivity contribution in [1.29, 1.82) is 0 Å². The van der Waals surface area contributed by atoms with Crippen molar-refractivity contribution in [1.82, 2.24) is 0 Å². The average Bonchev–Trinajstić information content (AvgIpc) is 2.64. The summed E-state index contributed by atoms with van der Waals surface area (Å²) in [7, 11) is 0. The van der Waals surface area contributed by atoms with Crippen molar-refractivity contribution in [3.05, 3.63) is 6.42 Å². The summed E-state index contributed by atoms with van der Waals surface area (Å²) in [4.78, 5) is 0. The summed E-state index contributed by atoms with van der Waals surface area (Å²) in [5.41, 5.74) is 0. The van der Waals surface area contributed by atoms with Gasteiger partial charge in [0.15, 0.2) is 0 Å². The molecule has 1 atom stereocenters. The molecule has 0 heterocycles. The third-order valence-electron chi connectivity index (χ3n) is 5.99. The molecule has 0 aromatic rings. The predicted octanol–water partition coefficient (Wildman–Crippen LogP) is 9.91. The lowest BCUT2D eigenvalue weighted by atomic mass is 9.82. The summed E-state index contributed by atoms with van der Waals surface area (Å²) < 4.78 is 0. The van der Waals surface area contributed by atoms with Crippen LogP contribution in [0.3, 0.4) is 0 Å². The highest BCUT2D eigenvalue weighted by atomic mass is 14.2. The highest BCUT2D eigenvalue weighted by Crippen LogP contribution is 2.29. The molecule has 0 fully saturated rings. The van der Waals surface area contributed by atoms with Crippen molar-refractivity contribution < 1.29 is 0 Å². The molecule has 0 nitrogen and oxygen atoms in total. The van der Waals surface area contributed by atoms with Gasteiger partial charge in [-0.25, -0.2) is 0 Å². The zero-order valence-corrected chi connectivity index (χ0v) is 19.2. The van der Waals surface area contributed by atoms with Gasteiger partial charge in [0.05, 0.1) is 0 Å². The smallest absolute Gasteiger partial charge is 0.0324 e. The van der Waals surface area contributed by atoms with Gasteiger partial charge in [-0.3, -0.25) is 0 Å². The minimum absolute atomic E-state index is 0.897. The summed E-state index contributed by atoms with van der Waals surface area (Å²) in [6.07, 6.45) is 30.0. The van der Waals surface area contributed by atoms with Gasteiger partial charge in [0.25, 0.3) is 0 Å². The Bertz CT molecular complexity index is 232. The first-order valence-corrected chi connectivity index (χ1v) is 12.6. The van der Waals surface area contributed by atoms with E-state index in [0.717, 1.165) is 11.8 Å². The Labute approximate surface area is 168 Å². The van der Waals surface area contributed by atoms with E-state index in [1.807, 2.05) is 0 Å². The second-order valence-electron chi connectivity index (χ2n) is 8.76. The van der Waals surface area contributed by atoms with Gasteiger partial charge in [-0.05, 0) is 18.3 Å². The topological polar surface area (TPSA) is 0 Å². The summed E-state index contributed by atoms with van der Waals surface area (Å²) >= 11 is 0. The van der Waals surface area contributed by atoms with Crippen LogP contribution in [0.4, 0.5) is 0 Å². The molecule has 0 saturated heterocycles. The monoisotopic (exact) mass is 365 g/mol. The van der Waals surface area contributed by atoms with Crippen LogP contribution in [0, 0.1) is 18.3 Å². The molecule has 0 aliphatic rings. The maximum Gasteiger partial charge on any atom is -0.0324 e. The normalized spacial score (nSPS) is 12.8. The lowest BCUT2D eigenvalue weighted by Crippen LogP contribution is -2.11. The molecule has 0 rings (SSSR count). The molecule has 157 valence electrons. The summed E-state index contributed by atoms with van der Waals surface area (Å²) in [5.74, 6) is 1.80. The number of hydrogen-bond acceptors (Lipinski definition) is 0. The molecule has 1 unspecified atom stereocenters. The molecular formula is C26H53. The Balaban J connectivity index is 4.20. The fourth-order valence-electron chi connectivity index (χ4n) is 4.28. The maximum atomic E-state index is 2.83. The Kier molecular flexibility index (Phi) is 21.3. The molecule has 0 amide bonds. The van der Waals surface area contributed by atoms with Crippen LogP contribution >= 0.6 is 0 Å². The van der Waals surface area contributed by atoms with Crippen molar-refractivity contribution in [3.8, 4) is 0 Å². The van der Waals surface area contributed by atoms with Gasteiger partial charge < -0.3 is 0 Å². The Morgan fingerprint density at radius 3 is 1.15 bits per heavy atom. The Morgan fingerprint density at radius 1 is 0.385 bits per heavy atom. The molecule has 0 aliphatic heterocycles. The Hall–Kier alpha value is 0. The van der Waals surface area contributed by atoms with E-state index in [1.54, 1.807) is 0 Å². The molecule has 0 bridgehead atoms. The lowest BCUT2D eigenvalue weighted by Gasteiger charge is -2.23. The summed E-state index contributed by atoms with van der Waals surface area (Å²) in [5, 5.41) is 0. The second-order valence-corrected chi connectivity index (χ2v) is 8.76. The van der Waals surface area contributed by atoms with Crippen LogP contribution < -0.4 is 0 Å². The van der Waals surface area contributed by atoms with E-state index in [1.165, 1.54) is 122 Å². The van der Waals surface area contributed by atoms with Crippen LogP contribution in [0.25, 0.3) is 0 Å². The number of unbranched alkanes of at least 4 members (excludes halogenated alkanes) is 11. The van der Waals surface area contributed by atoms with Crippen LogP contribution in [0.15, 0.2) is 0 Å². The lowest BCUT2D eigenvalue weighted by molar-refractivity contribution is 0.372. The molecule has 0 saturated carbocycles. The van der Waals surface area contributed by atoms with Gasteiger partial charge in [0, 0.05) is 0 Å². The van der Waals surface area contributed by atoms with E-state index in [2.05, 4.69) is 34.1 Å². The van der Waals surface area contributed by atoms with Crippen molar-refractivity contribution in [2.24, 2.45) is 11.8 Å². The van der Waals surface area contributed by atoms with E-state index >= 15 is 0 Å². The minimum Gasteiger partial charge on any atom is -0.0654 e. The Morgan fingerprint density at radius 2 is 0.731 bits per heavy atom. The average molecular weight is 366 g/mol. The molecule has 0 aromatic heterocycles. The molecule has 26 heavy (non-hydrogen) atoms. The van der Waals surface area contributed by atoms with Crippen LogP contribution in [0.5, 0.6) is 0 Å². The zero-order valence-electron chi connectivity index (χ0n) is 19.2. The van der Waals surface area contributed by atoms with Gasteiger partial charge in [0.1, 0.15) is 0 Å². The van der Waals surface area contributed by atoms with Crippen LogP contribution in [0.1, 0.15) is 150 Å². The fourth-order valence-corrected chi connectivity index (χ4v) is 4.28. The molecule has 0 N–H and O–H groups in total. The maximum absolute atomic E-state index is 2.83. The van der Waals surface area contributed by atoms with Gasteiger partial charge in [0.2, 0.25) is 0 Å². The summed E-state index contributed by atoms with van der Waals surface area (Å²) in [6.45, 7) is 9.34. The SMILES string of the molecule is CCCCCCCCC([CH]C(CCCCCC)CCCCCC)CCC. The first-order valence-electron chi connectivity index (χ1n) is 12.6. The molecule has 0 aliphatic carbocycles. The van der Waals surface area contributed by atoms with E-state index in [0.29, 0.717) is 0 Å². The van der Waals surface area contributed by atoms with Crippen molar-refractivity contribution in [2.45, 2.75) is 150 Å². The van der Waals surface area contributed by atoms with Gasteiger partial charge in [-0.2, -0.15) is 0 Å². The summed E-state index contributed by atoms with van der Waals surface area (Å²) in [6, 6.07) is 0. The highest BCUT2D eigenvalue weighted by molar-refractivity contribution is 4.84. The van der Waals surface area contributed by atoms with Crippen LogP contribution in [-0.4, -0.2) is 0 Å². The van der Waals surface area contributed by atoms with Gasteiger partial charge >= 0.3 is 0 Å². The zero-order chi connectivity index (χ0) is 19.3. The third kappa shape index (κ3) is 17.4. The highest BCUT2D eigenvalue weighted by Gasteiger charge is 2.16. The number of hydrogen-bond donors (Lipinski definition) is 0. The molecule has 1 radical (unpaired) electrons. The minimum atomic E-state index is 0.897. The molecule has 0 aromatic carbocycles. The third-order valence-corrected chi connectivity index (χ3v) is 5.99. The van der Waals surface area contributed by atoms with E-state index < -0.39 is 0 Å². The fraction of sp³-hybridized carbons (Fsp3) is 0.962.